The molecule has 4 N–H and O–H groups in total. The van der Waals surface area contributed by atoms with Crippen molar-refractivity contribution in [2.75, 3.05) is 11.9 Å². The van der Waals surface area contributed by atoms with E-state index in [2.05, 4.69) is 21.8 Å². The maximum atomic E-state index is 13.1. The number of nitrogens with two attached hydrogens (primary N) is 1. The zero-order valence-electron chi connectivity index (χ0n) is 16.5. The number of alkyl carbamates (subject to hydrolysis) is 1. The van der Waals surface area contributed by atoms with Crippen molar-refractivity contribution in [2.45, 2.75) is 38.3 Å². The van der Waals surface area contributed by atoms with Gasteiger partial charge in [0.15, 0.2) is 5.82 Å². The fourth-order valence-electron chi connectivity index (χ4n) is 3.52. The van der Waals surface area contributed by atoms with Crippen molar-refractivity contribution >= 4 is 23.5 Å². The molecule has 0 saturated heterocycles. The van der Waals surface area contributed by atoms with Crippen LogP contribution in [0.2, 0.25) is 0 Å². The van der Waals surface area contributed by atoms with Crippen LogP contribution >= 0.6 is 0 Å². The van der Waals surface area contributed by atoms with E-state index < -0.39 is 17.9 Å². The number of anilines is 2. The molecule has 1 saturated carbocycles. The zero-order valence-corrected chi connectivity index (χ0v) is 16.5. The molecule has 1 aromatic heterocycles. The van der Waals surface area contributed by atoms with Gasteiger partial charge < -0.3 is 21.1 Å². The van der Waals surface area contributed by atoms with Gasteiger partial charge in [-0.05, 0) is 44.0 Å². The van der Waals surface area contributed by atoms with E-state index in [1.54, 1.807) is 11.6 Å². The Kier molecular flexibility index (Phi) is 6.51. The molecule has 1 unspecified atom stereocenters. The quantitative estimate of drug-likeness (QED) is 0.665. The molecule has 1 aliphatic rings. The topological polar surface area (TPSA) is 135 Å². The summed E-state index contributed by atoms with van der Waals surface area (Å²) in [6, 6.07) is 7.55. The van der Waals surface area contributed by atoms with Crippen molar-refractivity contribution in [3.63, 3.8) is 0 Å². The second-order valence-electron chi connectivity index (χ2n) is 7.04. The third-order valence-corrected chi connectivity index (χ3v) is 4.97. The minimum atomic E-state index is -0.673. The lowest BCUT2D eigenvalue weighted by Gasteiger charge is -2.32. The van der Waals surface area contributed by atoms with Crippen LogP contribution in [0.5, 0.6) is 0 Å². The molecule has 9 nitrogen and oxygen atoms in total. The molecule has 2 aromatic rings. The Morgan fingerprint density at radius 3 is 2.73 bits per heavy atom. The van der Waals surface area contributed by atoms with Crippen molar-refractivity contribution in [3.05, 3.63) is 41.8 Å². The number of carbonyl (C=O) groups excluding carboxylic acids is 2. The van der Waals surface area contributed by atoms with Crippen molar-refractivity contribution in [3.8, 4) is 6.07 Å². The highest BCUT2D eigenvalue weighted by Crippen LogP contribution is 2.36. The minimum absolute atomic E-state index is 0.164. The van der Waals surface area contributed by atoms with Gasteiger partial charge in [-0.15, -0.1) is 0 Å². The van der Waals surface area contributed by atoms with Crippen LogP contribution in [0.25, 0.3) is 0 Å². The van der Waals surface area contributed by atoms with Crippen LogP contribution in [0.1, 0.15) is 42.6 Å². The fraction of sp³-hybridized carbons (Fsp3) is 0.400. The monoisotopic (exact) mass is 414 g/mol. The van der Waals surface area contributed by atoms with Crippen LogP contribution in [0.3, 0.4) is 0 Å². The van der Waals surface area contributed by atoms with Gasteiger partial charge in [0, 0.05) is 24.8 Å². The second-order valence-corrected chi connectivity index (χ2v) is 7.04. The van der Waals surface area contributed by atoms with Gasteiger partial charge in [0.2, 0.25) is 0 Å². The molecule has 3 rings (SSSR count). The van der Waals surface area contributed by atoms with Crippen molar-refractivity contribution in [1.82, 2.24) is 15.1 Å². The summed E-state index contributed by atoms with van der Waals surface area (Å²) in [6.45, 7) is 2.25. The Balaban J connectivity index is 1.78. The molecule has 0 spiro atoms. The van der Waals surface area contributed by atoms with Gasteiger partial charge in [-0.2, -0.15) is 10.4 Å². The summed E-state index contributed by atoms with van der Waals surface area (Å²) in [5.41, 5.74) is 6.19. The highest BCUT2D eigenvalue weighted by Gasteiger charge is 2.35. The highest BCUT2D eigenvalue weighted by atomic mass is 19.1. The standard InChI is InChI=1S/C20H23FN6O3/c1-2-24-20(29)30-15-7-8-17(12(9-15)10-22)27-11-16(18(23)28)19(26-27)25-14-5-3-13(21)4-6-14/h3-6,11-12,15,17H,2,7-9H2,1H3,(H2,23,28)(H,24,29)(H,25,26)/t12-,15-,17?/m1/s1. The van der Waals surface area contributed by atoms with E-state index in [9.17, 15) is 19.2 Å². The number of nitrogens with zero attached hydrogens (tertiary/aromatic N) is 3. The normalized spacial score (nSPS) is 20.8. The van der Waals surface area contributed by atoms with Crippen molar-refractivity contribution in [2.24, 2.45) is 11.7 Å². The number of hydrogen-bond donors (Lipinski definition) is 3. The van der Waals surface area contributed by atoms with E-state index in [4.69, 9.17) is 10.5 Å². The maximum absolute atomic E-state index is 13.1. The predicted molar refractivity (Wildman–Crippen MR) is 106 cm³/mol. The van der Waals surface area contributed by atoms with E-state index in [1.165, 1.54) is 30.5 Å². The molecule has 0 bridgehead atoms. The van der Waals surface area contributed by atoms with E-state index >= 15 is 0 Å². The van der Waals surface area contributed by atoms with E-state index in [-0.39, 0.29) is 29.3 Å². The van der Waals surface area contributed by atoms with Gasteiger partial charge in [-0.25, -0.2) is 9.18 Å². The van der Waals surface area contributed by atoms with Crippen LogP contribution in [0, 0.1) is 23.1 Å². The second kappa shape index (κ2) is 9.26. The Morgan fingerprint density at radius 1 is 1.37 bits per heavy atom. The van der Waals surface area contributed by atoms with E-state index in [0.29, 0.717) is 31.5 Å². The number of hydrogen-bond acceptors (Lipinski definition) is 6. The number of nitrogens with one attached hydrogen (secondary N) is 2. The smallest absolute Gasteiger partial charge is 0.407 e. The molecular weight excluding hydrogens is 391 g/mol. The number of carbonyl (C=O) groups is 2. The van der Waals surface area contributed by atoms with Crippen LogP contribution in [-0.2, 0) is 4.74 Å². The molecule has 30 heavy (non-hydrogen) atoms. The summed E-state index contributed by atoms with van der Waals surface area (Å²) < 4.78 is 20.0. The summed E-state index contributed by atoms with van der Waals surface area (Å²) in [5.74, 6) is -1.29. The number of amides is 2. The number of halogens is 1. The Hall–Kier alpha value is -3.61. The first kappa shape index (κ1) is 21.1. The lowest BCUT2D eigenvalue weighted by atomic mass is 9.83. The van der Waals surface area contributed by atoms with Gasteiger partial charge in [0.25, 0.3) is 5.91 Å². The average Bonchev–Trinajstić information content (AvgIpc) is 3.13. The first-order valence-electron chi connectivity index (χ1n) is 9.67. The molecule has 0 aliphatic heterocycles. The summed E-state index contributed by atoms with van der Waals surface area (Å²) in [7, 11) is 0. The first-order chi connectivity index (χ1) is 14.4. The number of aromatic nitrogens is 2. The Morgan fingerprint density at radius 2 is 2.10 bits per heavy atom. The molecule has 0 radical (unpaired) electrons. The van der Waals surface area contributed by atoms with Crippen LogP contribution in [-0.4, -0.2) is 34.4 Å². The fourth-order valence-corrected chi connectivity index (χ4v) is 3.52. The largest absolute Gasteiger partial charge is 0.446 e. The number of ether oxygens (including phenoxy) is 1. The van der Waals surface area contributed by atoms with Crippen molar-refractivity contribution in [1.29, 1.82) is 5.26 Å². The van der Waals surface area contributed by atoms with E-state index in [0.717, 1.165) is 0 Å². The summed E-state index contributed by atoms with van der Waals surface area (Å²) in [5, 5.41) is 19.6. The summed E-state index contributed by atoms with van der Waals surface area (Å²) >= 11 is 0. The Labute approximate surface area is 173 Å². The van der Waals surface area contributed by atoms with Crippen LogP contribution in [0.15, 0.2) is 30.5 Å². The third-order valence-electron chi connectivity index (χ3n) is 4.97. The molecule has 1 fully saturated rings. The minimum Gasteiger partial charge on any atom is -0.446 e. The molecule has 3 atom stereocenters. The molecule has 1 aliphatic carbocycles. The highest BCUT2D eigenvalue weighted by molar-refractivity contribution is 5.98. The first-order valence-corrected chi connectivity index (χ1v) is 9.67. The lowest BCUT2D eigenvalue weighted by Crippen LogP contribution is -2.35. The molecule has 1 aromatic carbocycles. The maximum Gasteiger partial charge on any atom is 0.407 e. The molecule has 2 amide bonds. The Bertz CT molecular complexity index is 952. The van der Waals surface area contributed by atoms with Gasteiger partial charge in [0.1, 0.15) is 17.5 Å². The van der Waals surface area contributed by atoms with Gasteiger partial charge >= 0.3 is 6.09 Å². The molecular formula is C20H23FN6O3. The van der Waals surface area contributed by atoms with Crippen LogP contribution in [0.4, 0.5) is 20.7 Å². The van der Waals surface area contributed by atoms with Crippen molar-refractivity contribution < 1.29 is 18.7 Å². The average molecular weight is 414 g/mol. The number of primary amides is 1. The summed E-state index contributed by atoms with van der Waals surface area (Å²) in [6.07, 6.45) is 2.11. The van der Waals surface area contributed by atoms with Gasteiger partial charge in [0.05, 0.1) is 18.0 Å². The number of benzene rings is 1. The summed E-state index contributed by atoms with van der Waals surface area (Å²) in [4.78, 5) is 23.5. The van der Waals surface area contributed by atoms with Gasteiger partial charge in [-0.1, -0.05) is 0 Å². The van der Waals surface area contributed by atoms with E-state index in [1.807, 2.05) is 0 Å². The van der Waals surface area contributed by atoms with Gasteiger partial charge in [-0.3, -0.25) is 9.48 Å². The number of rotatable bonds is 6. The zero-order chi connectivity index (χ0) is 21.7. The molecule has 1 heterocycles. The molecule has 10 heteroatoms. The number of nitriles is 1. The molecule has 158 valence electrons. The van der Waals surface area contributed by atoms with Crippen LogP contribution < -0.4 is 16.4 Å². The third kappa shape index (κ3) is 4.86. The predicted octanol–water partition coefficient (Wildman–Crippen LogP) is 2.84. The SMILES string of the molecule is CCNC(=O)O[C@@H]1CCC(n2cc(C(N)=O)c(Nc3ccc(F)cc3)n2)[C@@H](C#N)C1. The lowest BCUT2D eigenvalue weighted by molar-refractivity contribution is 0.0519.